The first-order valence-corrected chi connectivity index (χ1v) is 8.54. The van der Waals surface area contributed by atoms with Crippen LogP contribution in [-0.2, 0) is 14.3 Å². The van der Waals surface area contributed by atoms with E-state index in [1.807, 2.05) is 32.0 Å². The van der Waals surface area contributed by atoms with E-state index in [0.717, 1.165) is 23.3 Å². The Kier molecular flexibility index (Phi) is 6.88. The molecular formula is C21H22N2O4. The van der Waals surface area contributed by atoms with Gasteiger partial charge in [-0.05, 0) is 56.2 Å². The summed E-state index contributed by atoms with van der Waals surface area (Å²) in [4.78, 5) is 35.9. The van der Waals surface area contributed by atoms with Gasteiger partial charge in [0, 0.05) is 17.8 Å². The van der Waals surface area contributed by atoms with Crippen molar-refractivity contribution in [3.8, 4) is 0 Å². The van der Waals surface area contributed by atoms with Crippen LogP contribution in [0.4, 0.5) is 11.4 Å². The fraction of sp³-hybridized carbons (Fsp3) is 0.190. The molecule has 140 valence electrons. The number of para-hydroxylation sites is 1. The number of carbonyl (C=O) groups excluding carboxylic acids is 3. The molecule has 2 N–H and O–H groups in total. The summed E-state index contributed by atoms with van der Waals surface area (Å²) >= 11 is 0. The maximum atomic E-state index is 12.6. The minimum Gasteiger partial charge on any atom is -0.463 e. The number of benzene rings is 2. The van der Waals surface area contributed by atoms with Crippen LogP contribution in [0.5, 0.6) is 0 Å². The molecule has 2 rings (SSSR count). The molecule has 0 aliphatic rings. The Hall–Kier alpha value is -3.41. The average Bonchev–Trinajstić information content (AvgIpc) is 2.64. The number of esters is 1. The number of aryl methyl sites for hydroxylation is 2. The molecule has 0 fully saturated rings. The molecule has 0 atom stereocenters. The van der Waals surface area contributed by atoms with Crippen molar-refractivity contribution >= 4 is 29.2 Å². The highest BCUT2D eigenvalue weighted by Crippen LogP contribution is 2.19. The normalized spacial score (nSPS) is 10.5. The van der Waals surface area contributed by atoms with Gasteiger partial charge in [0.15, 0.2) is 0 Å². The smallest absolute Gasteiger partial charge is 0.330 e. The predicted molar refractivity (Wildman–Crippen MR) is 105 cm³/mol. The number of nitrogens with one attached hydrogen (secondary N) is 2. The summed E-state index contributed by atoms with van der Waals surface area (Å²) in [5.41, 5.74) is 3.53. The van der Waals surface area contributed by atoms with E-state index >= 15 is 0 Å². The molecule has 0 unspecified atom stereocenters. The van der Waals surface area contributed by atoms with Crippen LogP contribution in [0, 0.1) is 13.8 Å². The molecule has 0 aliphatic carbocycles. The SMILES string of the molecule is CCOC(=O)C=CC(=O)Nc1ccccc1C(=O)Nc1ccc(C)c(C)c1. The Morgan fingerprint density at radius 3 is 2.41 bits per heavy atom. The van der Waals surface area contributed by atoms with Crippen molar-refractivity contribution in [2.24, 2.45) is 0 Å². The molecule has 27 heavy (non-hydrogen) atoms. The monoisotopic (exact) mass is 366 g/mol. The molecule has 0 aromatic heterocycles. The molecule has 2 amide bonds. The van der Waals surface area contributed by atoms with Gasteiger partial charge in [0.05, 0.1) is 17.9 Å². The number of carbonyl (C=O) groups is 3. The van der Waals surface area contributed by atoms with Gasteiger partial charge in [-0.3, -0.25) is 9.59 Å². The van der Waals surface area contributed by atoms with Gasteiger partial charge in [-0.2, -0.15) is 0 Å². The Balaban J connectivity index is 2.12. The van der Waals surface area contributed by atoms with Crippen molar-refractivity contribution in [2.75, 3.05) is 17.2 Å². The Bertz CT molecular complexity index is 888. The second kappa shape index (κ2) is 9.33. The molecular weight excluding hydrogens is 344 g/mol. The maximum Gasteiger partial charge on any atom is 0.330 e. The topological polar surface area (TPSA) is 84.5 Å². The summed E-state index contributed by atoms with van der Waals surface area (Å²) in [5, 5.41) is 5.43. The summed E-state index contributed by atoms with van der Waals surface area (Å²) in [5.74, 6) is -1.48. The molecule has 2 aromatic carbocycles. The van der Waals surface area contributed by atoms with E-state index in [1.165, 1.54) is 0 Å². The van der Waals surface area contributed by atoms with Crippen molar-refractivity contribution < 1.29 is 19.1 Å². The first kappa shape index (κ1) is 19.9. The minimum atomic E-state index is -0.603. The van der Waals surface area contributed by atoms with Gasteiger partial charge in [-0.1, -0.05) is 18.2 Å². The summed E-state index contributed by atoms with van der Waals surface area (Å²) < 4.78 is 4.72. The van der Waals surface area contributed by atoms with Crippen molar-refractivity contribution in [3.63, 3.8) is 0 Å². The largest absolute Gasteiger partial charge is 0.463 e. The van der Waals surface area contributed by atoms with Gasteiger partial charge in [0.25, 0.3) is 5.91 Å². The summed E-state index contributed by atoms with van der Waals surface area (Å²) in [6.45, 7) is 5.87. The van der Waals surface area contributed by atoms with Gasteiger partial charge in [0.1, 0.15) is 0 Å². The highest BCUT2D eigenvalue weighted by Gasteiger charge is 2.13. The number of amides is 2. The van der Waals surface area contributed by atoms with Crippen LogP contribution in [0.2, 0.25) is 0 Å². The van der Waals surface area contributed by atoms with Crippen LogP contribution in [0.1, 0.15) is 28.4 Å². The van der Waals surface area contributed by atoms with Gasteiger partial charge >= 0.3 is 5.97 Å². The second-order valence-electron chi connectivity index (χ2n) is 5.87. The van der Waals surface area contributed by atoms with Crippen molar-refractivity contribution in [1.82, 2.24) is 0 Å². The average molecular weight is 366 g/mol. The standard InChI is InChI=1S/C21H22N2O4/c1-4-27-20(25)12-11-19(24)23-18-8-6-5-7-17(18)21(26)22-16-10-9-14(2)15(3)13-16/h5-13H,4H2,1-3H3,(H,22,26)(H,23,24). The lowest BCUT2D eigenvalue weighted by molar-refractivity contribution is -0.137. The van der Waals surface area contributed by atoms with Crippen LogP contribution in [0.25, 0.3) is 0 Å². The fourth-order valence-corrected chi connectivity index (χ4v) is 2.32. The Morgan fingerprint density at radius 1 is 0.963 bits per heavy atom. The van der Waals surface area contributed by atoms with Crippen LogP contribution >= 0.6 is 0 Å². The fourth-order valence-electron chi connectivity index (χ4n) is 2.32. The van der Waals surface area contributed by atoms with Gasteiger partial charge in [-0.15, -0.1) is 0 Å². The zero-order chi connectivity index (χ0) is 19.8. The molecule has 0 aliphatic heterocycles. The highest BCUT2D eigenvalue weighted by atomic mass is 16.5. The number of anilines is 2. The van der Waals surface area contributed by atoms with E-state index in [9.17, 15) is 14.4 Å². The minimum absolute atomic E-state index is 0.228. The highest BCUT2D eigenvalue weighted by molar-refractivity contribution is 6.11. The van der Waals surface area contributed by atoms with E-state index in [4.69, 9.17) is 4.74 Å². The third-order valence-corrected chi connectivity index (χ3v) is 3.85. The third-order valence-electron chi connectivity index (χ3n) is 3.85. The zero-order valence-corrected chi connectivity index (χ0v) is 15.5. The van der Waals surface area contributed by atoms with Gasteiger partial charge in [-0.25, -0.2) is 4.79 Å². The molecule has 2 aromatic rings. The maximum absolute atomic E-state index is 12.6. The van der Waals surface area contributed by atoms with Crippen LogP contribution in [0.15, 0.2) is 54.6 Å². The van der Waals surface area contributed by atoms with E-state index in [1.54, 1.807) is 31.2 Å². The van der Waals surface area contributed by atoms with Crippen LogP contribution < -0.4 is 10.6 Å². The molecule has 0 radical (unpaired) electrons. The summed E-state index contributed by atoms with van der Waals surface area (Å²) in [6.07, 6.45) is 2.10. The molecule has 0 heterocycles. The van der Waals surface area contributed by atoms with E-state index in [-0.39, 0.29) is 12.5 Å². The molecule has 0 spiro atoms. The van der Waals surface area contributed by atoms with E-state index in [0.29, 0.717) is 16.9 Å². The number of rotatable bonds is 6. The summed E-state index contributed by atoms with van der Waals surface area (Å²) in [6, 6.07) is 12.3. The lowest BCUT2D eigenvalue weighted by Crippen LogP contribution is -2.17. The summed E-state index contributed by atoms with van der Waals surface area (Å²) in [7, 11) is 0. The molecule has 0 saturated carbocycles. The molecule has 0 bridgehead atoms. The lowest BCUT2D eigenvalue weighted by Gasteiger charge is -2.11. The van der Waals surface area contributed by atoms with Gasteiger partial charge < -0.3 is 15.4 Å². The molecule has 0 saturated heterocycles. The number of hydrogen-bond donors (Lipinski definition) is 2. The van der Waals surface area contributed by atoms with Crippen molar-refractivity contribution in [1.29, 1.82) is 0 Å². The zero-order valence-electron chi connectivity index (χ0n) is 15.5. The quantitative estimate of drug-likeness (QED) is 0.604. The Labute approximate surface area is 158 Å². The first-order valence-electron chi connectivity index (χ1n) is 8.54. The van der Waals surface area contributed by atoms with E-state index < -0.39 is 11.9 Å². The second-order valence-corrected chi connectivity index (χ2v) is 5.87. The number of hydrogen-bond acceptors (Lipinski definition) is 4. The predicted octanol–water partition coefficient (Wildman–Crippen LogP) is 3.61. The molecule has 6 heteroatoms. The van der Waals surface area contributed by atoms with Crippen LogP contribution in [0.3, 0.4) is 0 Å². The Morgan fingerprint density at radius 2 is 1.70 bits per heavy atom. The first-order chi connectivity index (χ1) is 12.9. The van der Waals surface area contributed by atoms with Gasteiger partial charge in [0.2, 0.25) is 5.91 Å². The lowest BCUT2D eigenvalue weighted by atomic mass is 10.1. The van der Waals surface area contributed by atoms with Crippen molar-refractivity contribution in [2.45, 2.75) is 20.8 Å². The van der Waals surface area contributed by atoms with Crippen LogP contribution in [-0.4, -0.2) is 24.4 Å². The third kappa shape index (κ3) is 5.81. The van der Waals surface area contributed by atoms with E-state index in [2.05, 4.69) is 10.6 Å². The molecule has 6 nitrogen and oxygen atoms in total. The van der Waals surface area contributed by atoms with Crippen molar-refractivity contribution in [3.05, 3.63) is 71.3 Å². The number of ether oxygens (including phenoxy) is 1.